The predicted octanol–water partition coefficient (Wildman–Crippen LogP) is 2.81. The van der Waals surface area contributed by atoms with Crippen LogP contribution in [0, 0.1) is 30.1 Å². The van der Waals surface area contributed by atoms with Crippen molar-refractivity contribution >= 4 is 23.2 Å². The molecule has 1 aliphatic rings. The van der Waals surface area contributed by atoms with Crippen LogP contribution in [0.4, 0.5) is 11.4 Å². The molecule has 1 atom stereocenters. The summed E-state index contributed by atoms with van der Waals surface area (Å²) >= 11 is 0. The average molecular weight is 342 g/mol. The minimum absolute atomic E-state index is 0.00384. The van der Waals surface area contributed by atoms with Gasteiger partial charge in [-0.2, -0.15) is 5.26 Å². The van der Waals surface area contributed by atoms with Gasteiger partial charge in [0.2, 0.25) is 11.8 Å². The molecule has 0 aromatic heterocycles. The SMILES string of the molecule is Cc1ccc(NC(=O)C2CC2)cc1NCC(=O)N[C@](C)(C#N)C(C)C. The Bertz CT molecular complexity index is 704. The Kier molecular flexibility index (Phi) is 5.68. The minimum Gasteiger partial charge on any atom is -0.376 e. The van der Waals surface area contributed by atoms with Crippen LogP contribution in [0.2, 0.25) is 0 Å². The van der Waals surface area contributed by atoms with Gasteiger partial charge in [-0.3, -0.25) is 9.59 Å². The van der Waals surface area contributed by atoms with E-state index in [4.69, 9.17) is 0 Å². The quantitative estimate of drug-likeness (QED) is 0.710. The van der Waals surface area contributed by atoms with Crippen molar-refractivity contribution in [1.29, 1.82) is 5.26 Å². The molecule has 6 heteroatoms. The normalized spacial score (nSPS) is 15.8. The summed E-state index contributed by atoms with van der Waals surface area (Å²) in [6, 6.07) is 7.74. The second-order valence-electron chi connectivity index (χ2n) is 7.16. The minimum atomic E-state index is -0.895. The van der Waals surface area contributed by atoms with Gasteiger partial charge < -0.3 is 16.0 Å². The number of anilines is 2. The molecule has 134 valence electrons. The molecule has 2 amide bonds. The molecule has 0 saturated heterocycles. The van der Waals surface area contributed by atoms with Gasteiger partial charge >= 0.3 is 0 Å². The molecule has 3 N–H and O–H groups in total. The number of nitrogens with zero attached hydrogens (tertiary/aromatic N) is 1. The summed E-state index contributed by atoms with van der Waals surface area (Å²) in [5, 5.41) is 18.0. The third-order valence-corrected chi connectivity index (χ3v) is 4.68. The number of aryl methyl sites for hydroxylation is 1. The first kappa shape index (κ1) is 18.8. The molecule has 0 bridgehead atoms. The van der Waals surface area contributed by atoms with E-state index in [1.165, 1.54) is 0 Å². The summed E-state index contributed by atoms with van der Waals surface area (Å²) < 4.78 is 0. The fourth-order valence-electron chi connectivity index (χ4n) is 2.29. The Balaban J connectivity index is 1.96. The van der Waals surface area contributed by atoms with Gasteiger partial charge in [0.05, 0.1) is 12.6 Å². The number of carbonyl (C=O) groups is 2. The molecule has 1 saturated carbocycles. The Morgan fingerprint density at radius 2 is 2.04 bits per heavy atom. The Morgan fingerprint density at radius 1 is 1.36 bits per heavy atom. The van der Waals surface area contributed by atoms with Crippen LogP contribution < -0.4 is 16.0 Å². The van der Waals surface area contributed by atoms with E-state index in [-0.39, 0.29) is 30.2 Å². The van der Waals surface area contributed by atoms with Gasteiger partial charge in [-0.1, -0.05) is 19.9 Å². The number of carbonyl (C=O) groups excluding carboxylic acids is 2. The first-order valence-electron chi connectivity index (χ1n) is 8.63. The average Bonchev–Trinajstić information content (AvgIpc) is 3.40. The Hall–Kier alpha value is -2.55. The lowest BCUT2D eigenvalue weighted by Gasteiger charge is -2.27. The Morgan fingerprint density at radius 3 is 2.60 bits per heavy atom. The van der Waals surface area contributed by atoms with Crippen molar-refractivity contribution in [3.63, 3.8) is 0 Å². The van der Waals surface area contributed by atoms with E-state index in [9.17, 15) is 14.9 Å². The maximum atomic E-state index is 12.2. The Labute approximate surface area is 149 Å². The highest BCUT2D eigenvalue weighted by atomic mass is 16.2. The van der Waals surface area contributed by atoms with E-state index >= 15 is 0 Å². The lowest BCUT2D eigenvalue weighted by atomic mass is 9.90. The third kappa shape index (κ3) is 4.96. The van der Waals surface area contributed by atoms with Crippen molar-refractivity contribution in [3.8, 4) is 6.07 Å². The predicted molar refractivity (Wildman–Crippen MR) is 98.0 cm³/mol. The van der Waals surface area contributed by atoms with Crippen LogP contribution in [0.3, 0.4) is 0 Å². The van der Waals surface area contributed by atoms with E-state index in [1.54, 1.807) is 6.92 Å². The van der Waals surface area contributed by atoms with E-state index in [0.717, 1.165) is 29.8 Å². The van der Waals surface area contributed by atoms with Crippen LogP contribution in [-0.4, -0.2) is 23.9 Å². The van der Waals surface area contributed by atoms with Gasteiger partial charge in [-0.05, 0) is 50.3 Å². The van der Waals surface area contributed by atoms with Crippen molar-refractivity contribution < 1.29 is 9.59 Å². The number of benzene rings is 1. The number of nitriles is 1. The van der Waals surface area contributed by atoms with Crippen molar-refractivity contribution in [1.82, 2.24) is 5.32 Å². The van der Waals surface area contributed by atoms with Crippen molar-refractivity contribution in [2.24, 2.45) is 11.8 Å². The second kappa shape index (κ2) is 7.56. The van der Waals surface area contributed by atoms with E-state index in [1.807, 2.05) is 39.0 Å². The van der Waals surface area contributed by atoms with Gasteiger partial charge in [-0.25, -0.2) is 0 Å². The van der Waals surface area contributed by atoms with Gasteiger partial charge in [0.1, 0.15) is 5.54 Å². The fraction of sp³-hybridized carbons (Fsp3) is 0.526. The molecule has 6 nitrogen and oxygen atoms in total. The van der Waals surface area contributed by atoms with Crippen LogP contribution in [0.25, 0.3) is 0 Å². The van der Waals surface area contributed by atoms with Crippen molar-refractivity contribution in [2.45, 2.75) is 46.1 Å². The summed E-state index contributed by atoms with van der Waals surface area (Å²) in [6.45, 7) is 7.50. The molecule has 1 aliphatic carbocycles. The molecule has 1 aromatic carbocycles. The van der Waals surface area contributed by atoms with E-state index in [0.29, 0.717) is 0 Å². The first-order valence-corrected chi connectivity index (χ1v) is 8.63. The molecular weight excluding hydrogens is 316 g/mol. The zero-order chi connectivity index (χ0) is 18.6. The van der Waals surface area contributed by atoms with Gasteiger partial charge in [-0.15, -0.1) is 0 Å². The maximum absolute atomic E-state index is 12.2. The number of nitrogens with one attached hydrogen (secondary N) is 3. The standard InChI is InChI=1S/C19H26N4O2/c1-12(2)19(4,11-20)23-17(24)10-21-16-9-15(8-5-13(16)3)22-18(25)14-6-7-14/h5,8-9,12,14,21H,6-7,10H2,1-4H3,(H,22,25)(H,23,24)/t19-/m1/s1. The maximum Gasteiger partial charge on any atom is 0.240 e. The first-order chi connectivity index (χ1) is 11.7. The molecule has 25 heavy (non-hydrogen) atoms. The molecule has 0 spiro atoms. The van der Waals surface area contributed by atoms with Crippen LogP contribution >= 0.6 is 0 Å². The molecule has 0 radical (unpaired) electrons. The summed E-state index contributed by atoms with van der Waals surface area (Å²) in [4.78, 5) is 24.0. The highest BCUT2D eigenvalue weighted by Gasteiger charge is 2.30. The summed E-state index contributed by atoms with van der Waals surface area (Å²) in [5.41, 5.74) is 1.58. The van der Waals surface area contributed by atoms with Crippen LogP contribution in [0.15, 0.2) is 18.2 Å². The molecule has 0 aliphatic heterocycles. The molecule has 0 heterocycles. The smallest absolute Gasteiger partial charge is 0.240 e. The lowest BCUT2D eigenvalue weighted by molar-refractivity contribution is -0.121. The van der Waals surface area contributed by atoms with Crippen LogP contribution in [0.5, 0.6) is 0 Å². The summed E-state index contributed by atoms with van der Waals surface area (Å²) in [6.07, 6.45) is 1.91. The van der Waals surface area contributed by atoms with Gasteiger partial charge in [0.15, 0.2) is 0 Å². The van der Waals surface area contributed by atoms with Gasteiger partial charge in [0, 0.05) is 17.3 Å². The van der Waals surface area contributed by atoms with Crippen molar-refractivity contribution in [2.75, 3.05) is 17.2 Å². The van der Waals surface area contributed by atoms with Crippen LogP contribution in [0.1, 0.15) is 39.2 Å². The summed E-state index contributed by atoms with van der Waals surface area (Å²) in [7, 11) is 0. The van der Waals surface area contributed by atoms with E-state index in [2.05, 4.69) is 22.0 Å². The number of rotatable bonds is 7. The highest BCUT2D eigenvalue weighted by Crippen LogP contribution is 2.30. The molecule has 0 unspecified atom stereocenters. The molecular formula is C19H26N4O2. The van der Waals surface area contributed by atoms with Crippen molar-refractivity contribution in [3.05, 3.63) is 23.8 Å². The second-order valence-corrected chi connectivity index (χ2v) is 7.16. The molecule has 1 fully saturated rings. The topological polar surface area (TPSA) is 94.0 Å². The highest BCUT2D eigenvalue weighted by molar-refractivity contribution is 5.94. The van der Waals surface area contributed by atoms with Gasteiger partial charge in [0.25, 0.3) is 0 Å². The third-order valence-electron chi connectivity index (χ3n) is 4.68. The van der Waals surface area contributed by atoms with Crippen LogP contribution in [-0.2, 0) is 9.59 Å². The number of amides is 2. The number of hydrogen-bond acceptors (Lipinski definition) is 4. The molecule has 1 aromatic rings. The lowest BCUT2D eigenvalue weighted by Crippen LogP contribution is -2.50. The van der Waals surface area contributed by atoms with E-state index < -0.39 is 5.54 Å². The fourth-order valence-corrected chi connectivity index (χ4v) is 2.29. The summed E-state index contributed by atoms with van der Waals surface area (Å²) in [5.74, 6) is -0.0498. The number of hydrogen-bond donors (Lipinski definition) is 3. The zero-order valence-corrected chi connectivity index (χ0v) is 15.3. The monoisotopic (exact) mass is 342 g/mol. The largest absolute Gasteiger partial charge is 0.376 e. The zero-order valence-electron chi connectivity index (χ0n) is 15.3. The molecule has 2 rings (SSSR count).